The van der Waals surface area contributed by atoms with E-state index in [4.69, 9.17) is 0 Å². The third kappa shape index (κ3) is 3.84. The van der Waals surface area contributed by atoms with Crippen LogP contribution < -0.4 is 15.8 Å². The summed E-state index contributed by atoms with van der Waals surface area (Å²) < 4.78 is 1.25. The van der Waals surface area contributed by atoms with Gasteiger partial charge in [0.05, 0.1) is 0 Å². The molecule has 2 aromatic heterocycles. The number of nitrogens with zero attached hydrogens (tertiary/aromatic N) is 4. The fourth-order valence-corrected chi connectivity index (χ4v) is 4.23. The fourth-order valence-electron chi connectivity index (χ4n) is 3.24. The highest BCUT2D eigenvalue weighted by atomic mass is 32.1. The zero-order valence-corrected chi connectivity index (χ0v) is 15.6. The molecule has 0 aliphatic heterocycles. The van der Waals surface area contributed by atoms with E-state index in [-0.39, 0.29) is 17.5 Å². The third-order valence-corrected chi connectivity index (χ3v) is 5.73. The van der Waals surface area contributed by atoms with E-state index in [1.54, 1.807) is 0 Å². The van der Waals surface area contributed by atoms with Gasteiger partial charge in [-0.3, -0.25) is 9.59 Å². The van der Waals surface area contributed by atoms with Crippen molar-refractivity contribution in [3.63, 3.8) is 0 Å². The smallest absolute Gasteiger partial charge is 0.288 e. The van der Waals surface area contributed by atoms with Crippen LogP contribution in [0.5, 0.6) is 0 Å². The predicted molar refractivity (Wildman–Crippen MR) is 99.7 cm³/mol. The van der Waals surface area contributed by atoms with Gasteiger partial charge in [0, 0.05) is 25.3 Å². The molecule has 0 unspecified atom stereocenters. The highest BCUT2D eigenvalue weighted by Gasteiger charge is 2.20. The van der Waals surface area contributed by atoms with Gasteiger partial charge in [-0.05, 0) is 26.7 Å². The van der Waals surface area contributed by atoms with Crippen LogP contribution in [0.25, 0.3) is 4.96 Å². The van der Waals surface area contributed by atoms with Gasteiger partial charge in [-0.2, -0.15) is 4.52 Å². The minimum absolute atomic E-state index is 0.0677. The van der Waals surface area contributed by atoms with Gasteiger partial charge in [-0.15, -0.1) is 5.10 Å². The Morgan fingerprint density at radius 1 is 1.28 bits per heavy atom. The van der Waals surface area contributed by atoms with Crippen molar-refractivity contribution in [2.75, 3.05) is 18.0 Å². The highest BCUT2D eigenvalue weighted by Crippen LogP contribution is 2.21. The summed E-state index contributed by atoms with van der Waals surface area (Å²) in [7, 11) is 0. The quantitative estimate of drug-likeness (QED) is 0.826. The van der Waals surface area contributed by atoms with E-state index in [2.05, 4.69) is 20.3 Å². The Morgan fingerprint density at radius 2 is 1.96 bits per heavy atom. The van der Waals surface area contributed by atoms with Crippen molar-refractivity contribution in [1.29, 1.82) is 0 Å². The van der Waals surface area contributed by atoms with Crippen LogP contribution in [0.2, 0.25) is 0 Å². The number of nitrogens with one attached hydrogen (secondary N) is 1. The van der Waals surface area contributed by atoms with Crippen molar-refractivity contribution in [3.05, 3.63) is 22.1 Å². The van der Waals surface area contributed by atoms with Gasteiger partial charge in [0.25, 0.3) is 11.5 Å². The summed E-state index contributed by atoms with van der Waals surface area (Å²) in [5.74, 6) is -0.337. The van der Waals surface area contributed by atoms with Gasteiger partial charge in [-0.1, -0.05) is 37.0 Å². The largest absolute Gasteiger partial charge is 0.349 e. The maximum atomic E-state index is 12.7. The van der Waals surface area contributed by atoms with Crippen molar-refractivity contribution >= 4 is 27.3 Å². The Kier molecular flexibility index (Phi) is 5.67. The van der Waals surface area contributed by atoms with Gasteiger partial charge in [0.15, 0.2) is 0 Å². The van der Waals surface area contributed by atoms with Gasteiger partial charge in [-0.25, -0.2) is 4.98 Å². The molecule has 0 radical (unpaired) electrons. The third-order valence-electron chi connectivity index (χ3n) is 4.75. The van der Waals surface area contributed by atoms with Crippen molar-refractivity contribution in [1.82, 2.24) is 19.9 Å². The van der Waals surface area contributed by atoms with Crippen LogP contribution in [0.1, 0.15) is 62.7 Å². The average Bonchev–Trinajstić information content (AvgIpc) is 2.87. The van der Waals surface area contributed by atoms with E-state index in [1.807, 2.05) is 13.8 Å². The lowest BCUT2D eigenvalue weighted by Crippen LogP contribution is -2.38. The van der Waals surface area contributed by atoms with Gasteiger partial charge < -0.3 is 10.2 Å². The first-order valence-corrected chi connectivity index (χ1v) is 9.90. The van der Waals surface area contributed by atoms with Gasteiger partial charge >= 0.3 is 0 Å². The SMILES string of the molecule is CCN(CC)c1nn2c(=O)c(C(=O)NC3CCCCCC3)cnc2s1. The zero-order chi connectivity index (χ0) is 17.8. The molecule has 0 aromatic carbocycles. The Hall–Kier alpha value is -1.96. The molecule has 136 valence electrons. The molecule has 25 heavy (non-hydrogen) atoms. The van der Waals surface area contributed by atoms with Crippen molar-refractivity contribution in [2.45, 2.75) is 58.4 Å². The number of carbonyl (C=O) groups excluding carboxylic acids is 1. The molecule has 2 heterocycles. The normalized spacial score (nSPS) is 15.9. The molecule has 1 amide bonds. The maximum Gasteiger partial charge on any atom is 0.288 e. The van der Waals surface area contributed by atoms with Gasteiger partial charge in [0.1, 0.15) is 5.56 Å². The molecule has 8 heteroatoms. The fraction of sp³-hybridized carbons (Fsp3) is 0.647. The maximum absolute atomic E-state index is 12.7. The molecule has 7 nitrogen and oxygen atoms in total. The summed E-state index contributed by atoms with van der Waals surface area (Å²) >= 11 is 1.36. The second kappa shape index (κ2) is 7.95. The number of carbonyl (C=O) groups is 1. The summed E-state index contributed by atoms with van der Waals surface area (Å²) in [5, 5.41) is 8.12. The molecule has 2 aromatic rings. The molecule has 1 aliphatic rings. The highest BCUT2D eigenvalue weighted by molar-refractivity contribution is 7.20. The molecule has 0 spiro atoms. The minimum Gasteiger partial charge on any atom is -0.349 e. The molecular formula is C17H25N5O2S. The molecule has 1 N–H and O–H groups in total. The van der Waals surface area contributed by atoms with E-state index in [1.165, 1.54) is 34.9 Å². The summed E-state index contributed by atoms with van der Waals surface area (Å²) in [6, 6.07) is 0.150. The Labute approximate surface area is 151 Å². The summed E-state index contributed by atoms with van der Waals surface area (Å²) in [5.41, 5.74) is -0.330. The first-order valence-electron chi connectivity index (χ1n) is 9.08. The van der Waals surface area contributed by atoms with Crippen LogP contribution in [0.15, 0.2) is 11.0 Å². The average molecular weight is 363 g/mol. The first kappa shape index (κ1) is 17.8. The second-order valence-corrected chi connectivity index (χ2v) is 7.32. The number of hydrogen-bond acceptors (Lipinski definition) is 6. The molecular weight excluding hydrogens is 338 g/mol. The number of rotatable bonds is 5. The minimum atomic E-state index is -0.397. The molecule has 3 rings (SSSR count). The number of hydrogen-bond donors (Lipinski definition) is 1. The first-order chi connectivity index (χ1) is 12.1. The van der Waals surface area contributed by atoms with Crippen LogP contribution in [0.4, 0.5) is 5.13 Å². The molecule has 1 aliphatic carbocycles. The van der Waals surface area contributed by atoms with Crippen molar-refractivity contribution < 1.29 is 4.79 Å². The van der Waals surface area contributed by atoms with Crippen molar-refractivity contribution in [2.24, 2.45) is 0 Å². The zero-order valence-electron chi connectivity index (χ0n) is 14.8. The topological polar surface area (TPSA) is 79.6 Å². The molecule has 1 saturated carbocycles. The van der Waals surface area contributed by atoms with Crippen LogP contribution in [-0.4, -0.2) is 39.6 Å². The number of amides is 1. The second-order valence-electron chi connectivity index (χ2n) is 6.39. The van der Waals surface area contributed by atoms with Crippen molar-refractivity contribution in [3.8, 4) is 0 Å². The Bertz CT molecular complexity index is 788. The molecule has 0 bridgehead atoms. The molecule has 0 atom stereocenters. The molecule has 1 fully saturated rings. The van der Waals surface area contributed by atoms with Crippen LogP contribution in [0, 0.1) is 0 Å². The lowest BCUT2D eigenvalue weighted by Gasteiger charge is -2.15. The summed E-state index contributed by atoms with van der Waals surface area (Å²) in [4.78, 5) is 32.1. The number of aromatic nitrogens is 3. The van der Waals surface area contributed by atoms with Crippen LogP contribution in [0.3, 0.4) is 0 Å². The number of fused-ring (bicyclic) bond motifs is 1. The lowest BCUT2D eigenvalue weighted by atomic mass is 10.1. The lowest BCUT2D eigenvalue weighted by molar-refractivity contribution is 0.0931. The van der Waals surface area contributed by atoms with Crippen LogP contribution in [-0.2, 0) is 0 Å². The standard InChI is InChI=1S/C17H25N5O2S/c1-3-21(4-2)17-20-22-15(24)13(11-18-16(22)25-17)14(23)19-12-9-7-5-6-8-10-12/h11-12H,3-10H2,1-2H3,(H,19,23). The summed E-state index contributed by atoms with van der Waals surface area (Å²) in [6.07, 6.45) is 8.02. The van der Waals surface area contributed by atoms with E-state index in [9.17, 15) is 9.59 Å². The monoisotopic (exact) mass is 363 g/mol. The Balaban J connectivity index is 1.85. The predicted octanol–water partition coefficient (Wildman–Crippen LogP) is 2.45. The summed E-state index contributed by atoms with van der Waals surface area (Å²) in [6.45, 7) is 5.69. The van der Waals surface area contributed by atoms with Crippen LogP contribution >= 0.6 is 11.3 Å². The van der Waals surface area contributed by atoms with E-state index in [0.29, 0.717) is 4.96 Å². The van der Waals surface area contributed by atoms with Gasteiger partial charge in [0.2, 0.25) is 10.1 Å². The van der Waals surface area contributed by atoms with E-state index >= 15 is 0 Å². The van der Waals surface area contributed by atoms with E-state index < -0.39 is 5.56 Å². The number of anilines is 1. The Morgan fingerprint density at radius 3 is 2.60 bits per heavy atom. The molecule has 0 saturated heterocycles. The van der Waals surface area contributed by atoms with E-state index in [0.717, 1.165) is 43.9 Å².